The van der Waals surface area contributed by atoms with Crippen LogP contribution in [0.3, 0.4) is 0 Å². The van der Waals surface area contributed by atoms with Crippen LogP contribution in [0.5, 0.6) is 0 Å². The van der Waals surface area contributed by atoms with Crippen molar-refractivity contribution in [2.45, 2.75) is 18.9 Å². The second-order valence-electron chi connectivity index (χ2n) is 7.37. The van der Waals surface area contributed by atoms with Gasteiger partial charge in [-0.15, -0.1) is 0 Å². The molecule has 2 heterocycles. The van der Waals surface area contributed by atoms with Crippen LogP contribution in [0.25, 0.3) is 10.9 Å². The van der Waals surface area contributed by atoms with Gasteiger partial charge in [-0.05, 0) is 18.4 Å². The van der Waals surface area contributed by atoms with Crippen molar-refractivity contribution in [3.63, 3.8) is 0 Å². The molecule has 0 bridgehead atoms. The molecule has 29 heavy (non-hydrogen) atoms. The van der Waals surface area contributed by atoms with Gasteiger partial charge in [0.15, 0.2) is 15.9 Å². The summed E-state index contributed by atoms with van der Waals surface area (Å²) in [4.78, 5) is 28.9. The molecule has 0 unspecified atom stereocenters. The van der Waals surface area contributed by atoms with Gasteiger partial charge in [0.25, 0.3) is 0 Å². The highest BCUT2D eigenvalue weighted by molar-refractivity contribution is 7.91. The third-order valence-electron chi connectivity index (χ3n) is 5.23. The molecule has 1 aliphatic rings. The molecule has 0 amide bonds. The Labute approximate surface area is 168 Å². The third kappa shape index (κ3) is 4.24. The highest BCUT2D eigenvalue weighted by atomic mass is 32.2. The fraction of sp³-hybridized carbons (Fsp3) is 0.273. The van der Waals surface area contributed by atoms with Crippen LogP contribution in [0.2, 0.25) is 0 Å². The number of sulfone groups is 1. The normalized spacial score (nSPS) is 19.1. The number of hydrogen-bond donors (Lipinski definition) is 1. The molecule has 1 aromatic heterocycles. The summed E-state index contributed by atoms with van der Waals surface area (Å²) in [5, 5.41) is 0.761. The van der Waals surface area contributed by atoms with Gasteiger partial charge in [-0.1, -0.05) is 48.5 Å². The summed E-state index contributed by atoms with van der Waals surface area (Å²) in [5.74, 6) is -1.04. The van der Waals surface area contributed by atoms with E-state index in [1.165, 1.54) is 0 Å². The molecule has 1 aliphatic heterocycles. The molecule has 150 valence electrons. The van der Waals surface area contributed by atoms with E-state index in [0.717, 1.165) is 10.9 Å². The number of carbonyl (C=O) groups excluding carboxylic acids is 2. The Morgan fingerprint density at radius 1 is 1.07 bits per heavy atom. The summed E-state index contributed by atoms with van der Waals surface area (Å²) in [5.41, 5.74) is 1.85. The largest absolute Gasteiger partial charge is 0.449 e. The van der Waals surface area contributed by atoms with Crippen molar-refractivity contribution >= 4 is 32.5 Å². The second-order valence-corrected chi connectivity index (χ2v) is 9.59. The zero-order valence-electron chi connectivity index (χ0n) is 15.7. The van der Waals surface area contributed by atoms with E-state index in [4.69, 9.17) is 4.74 Å². The van der Waals surface area contributed by atoms with Gasteiger partial charge in [0, 0.05) is 34.6 Å². The first-order valence-corrected chi connectivity index (χ1v) is 11.3. The van der Waals surface area contributed by atoms with Crippen LogP contribution >= 0.6 is 0 Å². The second kappa shape index (κ2) is 7.83. The smallest absolute Gasteiger partial charge is 0.307 e. The maximum Gasteiger partial charge on any atom is 0.307 e. The summed E-state index contributed by atoms with van der Waals surface area (Å²) in [6.07, 6.45) is 0.981. The summed E-state index contributed by atoms with van der Waals surface area (Å²) in [6.45, 7) is 0. The molecule has 2 aromatic carbocycles. The summed E-state index contributed by atoms with van der Waals surface area (Å²) < 4.78 is 28.9. The maximum absolute atomic E-state index is 13.3. The minimum absolute atomic E-state index is 0.00546. The number of benzene rings is 2. The number of Topliss-reactive ketones (excluding diaryl/α,β-unsaturated/α-hetero) is 1. The summed E-state index contributed by atoms with van der Waals surface area (Å²) in [7, 11) is -3.08. The topological polar surface area (TPSA) is 93.3 Å². The monoisotopic (exact) mass is 411 g/mol. The number of ketones is 1. The first-order chi connectivity index (χ1) is 13.9. The zero-order valence-corrected chi connectivity index (χ0v) is 16.5. The van der Waals surface area contributed by atoms with Gasteiger partial charge in [-0.2, -0.15) is 0 Å². The quantitative estimate of drug-likeness (QED) is 0.495. The van der Waals surface area contributed by atoms with Crippen molar-refractivity contribution in [2.24, 2.45) is 5.92 Å². The standard InChI is InChI=1S/C22H21NO5S/c24-20(12-15-10-11-29(26,27)14-15)28-22(16-6-2-1-3-7-16)21(25)18-13-23-19-9-5-4-8-17(18)19/h1-9,13,15,22-23H,10-12,14H2/t15-,22+/m0/s1. The van der Waals surface area contributed by atoms with E-state index in [2.05, 4.69) is 4.98 Å². The van der Waals surface area contributed by atoms with E-state index in [9.17, 15) is 18.0 Å². The molecule has 6 nitrogen and oxygen atoms in total. The molecular formula is C22H21NO5S. The van der Waals surface area contributed by atoms with Crippen LogP contribution < -0.4 is 0 Å². The highest BCUT2D eigenvalue weighted by Gasteiger charge is 2.32. The minimum Gasteiger partial charge on any atom is -0.449 e. The zero-order chi connectivity index (χ0) is 20.4. The summed E-state index contributed by atoms with van der Waals surface area (Å²) in [6, 6.07) is 16.3. The maximum atomic E-state index is 13.3. The number of esters is 1. The molecule has 1 fully saturated rings. The predicted molar refractivity (Wildman–Crippen MR) is 109 cm³/mol. The van der Waals surface area contributed by atoms with Gasteiger partial charge < -0.3 is 9.72 Å². The Balaban J connectivity index is 1.59. The van der Waals surface area contributed by atoms with Crippen LogP contribution in [-0.4, -0.2) is 36.7 Å². The van der Waals surface area contributed by atoms with Crippen molar-refractivity contribution < 1.29 is 22.7 Å². The number of aromatic nitrogens is 1. The van der Waals surface area contributed by atoms with Crippen LogP contribution in [0.4, 0.5) is 0 Å². The van der Waals surface area contributed by atoms with Crippen LogP contribution in [0, 0.1) is 5.92 Å². The lowest BCUT2D eigenvalue weighted by molar-refractivity contribution is -0.148. The number of carbonyl (C=O) groups is 2. The van der Waals surface area contributed by atoms with Crippen LogP contribution in [0.15, 0.2) is 60.8 Å². The number of aromatic amines is 1. The third-order valence-corrected chi connectivity index (χ3v) is 7.06. The summed E-state index contributed by atoms with van der Waals surface area (Å²) >= 11 is 0. The Morgan fingerprint density at radius 3 is 2.52 bits per heavy atom. The highest BCUT2D eigenvalue weighted by Crippen LogP contribution is 2.29. The van der Waals surface area contributed by atoms with Gasteiger partial charge in [-0.3, -0.25) is 9.59 Å². The molecular weight excluding hydrogens is 390 g/mol. The van der Waals surface area contributed by atoms with E-state index >= 15 is 0 Å². The average molecular weight is 411 g/mol. The van der Waals surface area contributed by atoms with Gasteiger partial charge >= 0.3 is 5.97 Å². The first kappa shape index (κ1) is 19.4. The Morgan fingerprint density at radius 2 is 1.79 bits per heavy atom. The molecule has 1 N–H and O–H groups in total. The molecule has 7 heteroatoms. The van der Waals surface area contributed by atoms with E-state index < -0.39 is 21.9 Å². The lowest BCUT2D eigenvalue weighted by atomic mass is 9.99. The molecule has 0 aliphatic carbocycles. The SMILES string of the molecule is O=C(C[C@@H]1CCS(=O)(=O)C1)O[C@@H](C(=O)c1c[nH]c2ccccc12)c1ccccc1. The number of ether oxygens (including phenoxy) is 1. The number of rotatable bonds is 6. The fourth-order valence-electron chi connectivity index (χ4n) is 3.77. The Bertz CT molecular complexity index is 1150. The van der Waals surface area contributed by atoms with Crippen molar-refractivity contribution in [3.05, 3.63) is 71.9 Å². The Kier molecular flexibility index (Phi) is 5.24. The lowest BCUT2D eigenvalue weighted by Gasteiger charge is -2.18. The molecule has 2 atom stereocenters. The Hall–Kier alpha value is -2.93. The van der Waals surface area contributed by atoms with E-state index in [0.29, 0.717) is 17.5 Å². The van der Waals surface area contributed by atoms with Crippen molar-refractivity contribution in [2.75, 3.05) is 11.5 Å². The molecule has 4 rings (SSSR count). The number of hydrogen-bond acceptors (Lipinski definition) is 5. The number of H-pyrrole nitrogens is 1. The lowest BCUT2D eigenvalue weighted by Crippen LogP contribution is -2.22. The molecule has 0 radical (unpaired) electrons. The molecule has 0 spiro atoms. The molecule has 1 saturated heterocycles. The number of para-hydroxylation sites is 1. The van der Waals surface area contributed by atoms with E-state index in [1.54, 1.807) is 30.5 Å². The van der Waals surface area contributed by atoms with Gasteiger partial charge in [0.05, 0.1) is 11.5 Å². The number of fused-ring (bicyclic) bond motifs is 1. The van der Waals surface area contributed by atoms with Crippen molar-refractivity contribution in [1.29, 1.82) is 0 Å². The van der Waals surface area contributed by atoms with Crippen LogP contribution in [-0.2, 0) is 19.4 Å². The van der Waals surface area contributed by atoms with Gasteiger partial charge in [0.2, 0.25) is 5.78 Å². The van der Waals surface area contributed by atoms with Gasteiger partial charge in [-0.25, -0.2) is 8.42 Å². The van der Waals surface area contributed by atoms with Crippen molar-refractivity contribution in [3.8, 4) is 0 Å². The molecule has 3 aromatic rings. The molecule has 0 saturated carbocycles. The average Bonchev–Trinajstić information content (AvgIpc) is 3.29. The van der Waals surface area contributed by atoms with Crippen molar-refractivity contribution in [1.82, 2.24) is 4.98 Å². The van der Waals surface area contributed by atoms with E-state index in [-0.39, 0.29) is 29.6 Å². The number of nitrogens with one attached hydrogen (secondary N) is 1. The van der Waals surface area contributed by atoms with Gasteiger partial charge in [0.1, 0.15) is 0 Å². The van der Waals surface area contributed by atoms with E-state index in [1.807, 2.05) is 30.3 Å². The van der Waals surface area contributed by atoms with Crippen LogP contribution in [0.1, 0.15) is 34.9 Å². The minimum atomic E-state index is -3.08. The first-order valence-electron chi connectivity index (χ1n) is 9.48. The fourth-order valence-corrected chi connectivity index (χ4v) is 5.63. The predicted octanol–water partition coefficient (Wildman–Crippen LogP) is 3.46.